The van der Waals surface area contributed by atoms with Gasteiger partial charge in [0.25, 0.3) is 0 Å². The summed E-state index contributed by atoms with van der Waals surface area (Å²) < 4.78 is 5.32. The number of para-hydroxylation sites is 2. The van der Waals surface area contributed by atoms with E-state index in [-0.39, 0.29) is 35.8 Å². The Morgan fingerprint density at radius 3 is 2.16 bits per heavy atom. The molecule has 3 fully saturated rings. The summed E-state index contributed by atoms with van der Waals surface area (Å²) in [5.74, 6) is -3.70. The van der Waals surface area contributed by atoms with E-state index in [0.717, 1.165) is 22.5 Å². The highest BCUT2D eigenvalue weighted by Crippen LogP contribution is 2.61. The van der Waals surface area contributed by atoms with Crippen molar-refractivity contribution in [2.45, 2.75) is 19.8 Å². The molecule has 0 radical (unpaired) electrons. The molecule has 6 atom stereocenters. The van der Waals surface area contributed by atoms with Crippen LogP contribution < -0.4 is 19.9 Å². The van der Waals surface area contributed by atoms with Crippen LogP contribution >= 0.6 is 0 Å². The number of nitrogens with one attached hydrogen (secondary N) is 1. The Hall–Kier alpha value is -5.96. The van der Waals surface area contributed by atoms with Crippen LogP contribution in [0.25, 0.3) is 6.08 Å². The van der Waals surface area contributed by atoms with Crippen molar-refractivity contribution < 1.29 is 29.0 Å². The Balaban J connectivity index is 1.15. The van der Waals surface area contributed by atoms with Crippen LogP contribution in [0.15, 0.2) is 121 Å². The van der Waals surface area contributed by atoms with Gasteiger partial charge in [-0.2, -0.15) is 0 Å². The number of phenolic OH excluding ortho intramolecular Hbond substituents is 1. The minimum atomic E-state index is -1.13. The third-order valence-electron chi connectivity index (χ3n) is 11.2. The van der Waals surface area contributed by atoms with Gasteiger partial charge in [-0.15, -0.1) is 0 Å². The molecule has 51 heavy (non-hydrogen) atoms. The molecule has 4 aromatic carbocycles. The summed E-state index contributed by atoms with van der Waals surface area (Å²) in [5, 5.41) is 13.5. The zero-order valence-electron chi connectivity index (χ0n) is 28.2. The molecule has 9 heteroatoms. The number of carbonyl (C=O) groups is 4. The van der Waals surface area contributed by atoms with E-state index in [1.54, 1.807) is 54.6 Å². The largest absolute Gasteiger partial charge is 0.504 e. The molecule has 1 saturated carbocycles. The standard InChI is InChI=1S/C42H37N3O6/c1-42-33(21-13-25-14-22-35(46)36(23-25)51-2)30-19-20-31-37(32(30)24-34(42)39(48)45(41(42)50)28-11-7-4-8-12-28)40(49)44(38(31)47)29-17-15-27(16-18-29)43-26-9-5-3-6-10-26/h3-19,21-23,31-34,37,43,46H,20,24H2,1-2H3/t31-,32+,33-,34-,37-,42-/m0/s1. The first-order chi connectivity index (χ1) is 24.7. The number of imide groups is 2. The van der Waals surface area contributed by atoms with Crippen molar-refractivity contribution in [3.05, 3.63) is 126 Å². The van der Waals surface area contributed by atoms with Gasteiger partial charge in [-0.1, -0.05) is 66.3 Å². The maximum absolute atomic E-state index is 14.5. The minimum absolute atomic E-state index is 0.00608. The third-order valence-corrected chi connectivity index (χ3v) is 11.2. The lowest BCUT2D eigenvalue weighted by molar-refractivity contribution is -0.132. The predicted octanol–water partition coefficient (Wildman–Crippen LogP) is 7.13. The van der Waals surface area contributed by atoms with E-state index in [0.29, 0.717) is 23.5 Å². The number of amides is 4. The van der Waals surface area contributed by atoms with E-state index >= 15 is 0 Å². The second-order valence-electron chi connectivity index (χ2n) is 13.9. The highest BCUT2D eigenvalue weighted by atomic mass is 16.5. The number of nitrogens with zero attached hydrogens (tertiary/aromatic N) is 2. The van der Waals surface area contributed by atoms with Crippen molar-refractivity contribution in [1.82, 2.24) is 0 Å². The Morgan fingerprint density at radius 2 is 1.45 bits per heavy atom. The number of allylic oxidation sites excluding steroid dienone is 3. The SMILES string of the molecule is COc1cc(C=C[C@H]2C3=CC[C@@H]4C(=O)N(c5ccc(Nc6ccccc6)cc5)C(=O)[C@@H]4[C@@H]3C[C@H]3C(=O)N(c4ccccc4)C(=O)[C@@]23C)ccc1O. The number of ether oxygens (including phenoxy) is 1. The number of aromatic hydroxyl groups is 1. The van der Waals surface area contributed by atoms with E-state index in [1.165, 1.54) is 16.9 Å². The Kier molecular flexibility index (Phi) is 7.86. The Labute approximate surface area is 295 Å². The van der Waals surface area contributed by atoms with E-state index in [9.17, 15) is 24.3 Å². The van der Waals surface area contributed by atoms with Gasteiger partial charge in [0.2, 0.25) is 23.6 Å². The summed E-state index contributed by atoms with van der Waals surface area (Å²) in [5.41, 5.74) is 3.26. The Morgan fingerprint density at radius 1 is 0.784 bits per heavy atom. The second kappa shape index (κ2) is 12.4. The molecule has 256 valence electrons. The predicted molar refractivity (Wildman–Crippen MR) is 194 cm³/mol. The highest BCUT2D eigenvalue weighted by Gasteiger charge is 2.66. The fourth-order valence-electron chi connectivity index (χ4n) is 8.68. The Bertz CT molecular complexity index is 2110. The molecule has 9 nitrogen and oxygen atoms in total. The van der Waals surface area contributed by atoms with Crippen molar-refractivity contribution in [3.63, 3.8) is 0 Å². The molecule has 2 aliphatic carbocycles. The number of anilines is 4. The normalized spacial score (nSPS) is 26.9. The summed E-state index contributed by atoms with van der Waals surface area (Å²) in [6.45, 7) is 1.86. The molecular formula is C42H37N3O6. The van der Waals surface area contributed by atoms with Crippen molar-refractivity contribution >= 4 is 52.5 Å². The fourth-order valence-corrected chi connectivity index (χ4v) is 8.68. The molecule has 2 heterocycles. The molecule has 4 amide bonds. The quantitative estimate of drug-likeness (QED) is 0.158. The maximum atomic E-state index is 14.5. The average molecular weight is 680 g/mol. The van der Waals surface area contributed by atoms with Crippen molar-refractivity contribution in [3.8, 4) is 11.5 Å². The maximum Gasteiger partial charge on any atom is 0.241 e. The van der Waals surface area contributed by atoms with Crippen molar-refractivity contribution in [1.29, 1.82) is 0 Å². The van der Waals surface area contributed by atoms with Crippen LogP contribution in [0.1, 0.15) is 25.3 Å². The van der Waals surface area contributed by atoms with Gasteiger partial charge in [0.15, 0.2) is 11.5 Å². The molecule has 0 unspecified atom stereocenters. The van der Waals surface area contributed by atoms with E-state index < -0.39 is 35.0 Å². The van der Waals surface area contributed by atoms with Crippen LogP contribution in [0.4, 0.5) is 22.7 Å². The highest BCUT2D eigenvalue weighted by molar-refractivity contribution is 6.25. The first kappa shape index (κ1) is 32.3. The van der Waals surface area contributed by atoms with E-state index in [2.05, 4.69) is 5.32 Å². The molecule has 2 aliphatic heterocycles. The summed E-state index contributed by atoms with van der Waals surface area (Å²) in [4.78, 5) is 59.8. The summed E-state index contributed by atoms with van der Waals surface area (Å²) >= 11 is 0. The lowest BCUT2D eigenvalue weighted by Crippen LogP contribution is -2.49. The van der Waals surface area contributed by atoms with Gasteiger partial charge in [0.05, 0.1) is 41.7 Å². The number of hydrogen-bond acceptors (Lipinski definition) is 7. The molecule has 2 N–H and O–H groups in total. The van der Waals surface area contributed by atoms with E-state index in [4.69, 9.17) is 4.74 Å². The van der Waals surface area contributed by atoms with Crippen molar-refractivity contribution in [2.75, 3.05) is 22.2 Å². The number of rotatable bonds is 7. The number of phenols is 1. The van der Waals surface area contributed by atoms with Gasteiger partial charge in [-0.05, 0) is 91.9 Å². The van der Waals surface area contributed by atoms with Crippen LogP contribution in [0.3, 0.4) is 0 Å². The number of hydrogen-bond donors (Lipinski definition) is 2. The summed E-state index contributed by atoms with van der Waals surface area (Å²) in [7, 11) is 1.48. The number of carbonyl (C=O) groups excluding carboxylic acids is 4. The lowest BCUT2D eigenvalue weighted by atomic mass is 9.52. The van der Waals surface area contributed by atoms with Crippen LogP contribution in [-0.2, 0) is 19.2 Å². The molecule has 8 rings (SSSR count). The van der Waals surface area contributed by atoms with Gasteiger partial charge in [-0.3, -0.25) is 24.1 Å². The average Bonchev–Trinajstić information content (AvgIpc) is 3.52. The molecule has 0 aromatic heterocycles. The van der Waals surface area contributed by atoms with Crippen molar-refractivity contribution in [2.24, 2.45) is 35.0 Å². The minimum Gasteiger partial charge on any atom is -0.504 e. The van der Waals surface area contributed by atoms with E-state index in [1.807, 2.05) is 73.7 Å². The zero-order chi connectivity index (χ0) is 35.4. The van der Waals surface area contributed by atoms with Gasteiger partial charge in [0, 0.05) is 17.3 Å². The first-order valence-electron chi connectivity index (χ1n) is 17.2. The first-order valence-corrected chi connectivity index (χ1v) is 17.2. The lowest BCUT2D eigenvalue weighted by Gasteiger charge is -2.47. The van der Waals surface area contributed by atoms with Gasteiger partial charge in [-0.25, -0.2) is 4.90 Å². The van der Waals surface area contributed by atoms with Crippen LogP contribution in [0.2, 0.25) is 0 Å². The number of fused-ring (bicyclic) bond motifs is 4. The molecule has 0 spiro atoms. The molecule has 0 bridgehead atoms. The fraction of sp³-hybridized carbons (Fsp3) is 0.238. The molecule has 4 aliphatic rings. The smallest absolute Gasteiger partial charge is 0.241 e. The second-order valence-corrected chi connectivity index (χ2v) is 13.9. The van der Waals surface area contributed by atoms with Gasteiger partial charge >= 0.3 is 0 Å². The molecular weight excluding hydrogens is 642 g/mol. The summed E-state index contributed by atoms with van der Waals surface area (Å²) in [6, 6.07) is 30.9. The molecule has 2 saturated heterocycles. The third kappa shape index (κ3) is 5.14. The topological polar surface area (TPSA) is 116 Å². The number of methoxy groups -OCH3 is 1. The van der Waals surface area contributed by atoms with Gasteiger partial charge in [0.1, 0.15) is 0 Å². The van der Waals surface area contributed by atoms with Crippen LogP contribution in [0, 0.1) is 35.0 Å². The molecule has 4 aromatic rings. The monoisotopic (exact) mass is 679 g/mol. The number of benzene rings is 4. The zero-order valence-corrected chi connectivity index (χ0v) is 28.2. The summed E-state index contributed by atoms with van der Waals surface area (Å²) in [6.07, 6.45) is 6.47. The van der Waals surface area contributed by atoms with Crippen LogP contribution in [-0.4, -0.2) is 35.8 Å². The van der Waals surface area contributed by atoms with Gasteiger partial charge < -0.3 is 15.2 Å². The van der Waals surface area contributed by atoms with Crippen LogP contribution in [0.5, 0.6) is 11.5 Å².